The normalized spacial score (nSPS) is 19.2. The molecule has 1 aliphatic heterocycles. The lowest BCUT2D eigenvalue weighted by molar-refractivity contribution is -0.181. The van der Waals surface area contributed by atoms with Gasteiger partial charge in [0.05, 0.1) is 20.3 Å². The van der Waals surface area contributed by atoms with E-state index in [0.29, 0.717) is 25.3 Å². The zero-order valence-electron chi connectivity index (χ0n) is 18.3. The number of carbonyl (C=O) groups excluding carboxylic acids is 1. The maximum Gasteiger partial charge on any atom is 0.525 e. The van der Waals surface area contributed by atoms with Crippen LogP contribution in [0.25, 0.3) is 0 Å². The van der Waals surface area contributed by atoms with Crippen LogP contribution in [-0.4, -0.2) is 45.9 Å². The van der Waals surface area contributed by atoms with E-state index in [1.165, 1.54) is 0 Å². The van der Waals surface area contributed by atoms with Crippen molar-refractivity contribution in [2.24, 2.45) is 0 Å². The molecule has 1 N–H and O–H groups in total. The summed E-state index contributed by atoms with van der Waals surface area (Å²) in [6, 6.07) is 16.0. The van der Waals surface area contributed by atoms with Gasteiger partial charge in [0.1, 0.15) is 12.3 Å². The standard InChI is InChI=1S/C23H32NO5Si/c1-27-20-10-7-8-18(16-20)17-29-23(26)24(22(25)28-14-15-30(2,3)4)13-12-19-9-5-6-11-21(19)24/h5-11,16,23,26H,12-15,17H2,1-4H3/q+1. The summed E-state index contributed by atoms with van der Waals surface area (Å²) < 4.78 is 16.4. The third-order valence-corrected chi connectivity index (χ3v) is 7.17. The first-order valence-electron chi connectivity index (χ1n) is 10.3. The smallest absolute Gasteiger partial charge is 0.497 e. The lowest BCUT2D eigenvalue weighted by Gasteiger charge is -2.33. The Labute approximate surface area is 179 Å². The Hall–Kier alpha value is -2.19. The van der Waals surface area contributed by atoms with Gasteiger partial charge in [-0.05, 0) is 23.7 Å². The molecule has 3 rings (SSSR count). The summed E-state index contributed by atoms with van der Waals surface area (Å²) in [5, 5.41) is 11.1. The third kappa shape index (κ3) is 4.92. The predicted molar refractivity (Wildman–Crippen MR) is 120 cm³/mol. The maximum atomic E-state index is 13.3. The molecule has 6 nitrogen and oxygen atoms in total. The number of fused-ring (bicyclic) bond motifs is 1. The van der Waals surface area contributed by atoms with E-state index in [1.807, 2.05) is 48.5 Å². The SMILES string of the molecule is COc1cccc(COC(O)[N+]2(C(=O)OCC[Si](C)(C)C)CCc3ccccc32)c1. The van der Waals surface area contributed by atoms with Crippen LogP contribution in [0.3, 0.4) is 0 Å². The monoisotopic (exact) mass is 430 g/mol. The van der Waals surface area contributed by atoms with Gasteiger partial charge < -0.3 is 19.3 Å². The van der Waals surface area contributed by atoms with Gasteiger partial charge in [-0.2, -0.15) is 4.79 Å². The van der Waals surface area contributed by atoms with Crippen molar-refractivity contribution in [1.82, 2.24) is 4.48 Å². The van der Waals surface area contributed by atoms with Gasteiger partial charge in [0.2, 0.25) is 0 Å². The Balaban J connectivity index is 1.80. The van der Waals surface area contributed by atoms with Crippen molar-refractivity contribution in [3.05, 3.63) is 59.7 Å². The molecule has 0 saturated carbocycles. The number of benzene rings is 2. The van der Waals surface area contributed by atoms with Crippen LogP contribution in [0.4, 0.5) is 10.5 Å². The molecule has 0 fully saturated rings. The topological polar surface area (TPSA) is 65.0 Å². The fraction of sp³-hybridized carbons (Fsp3) is 0.435. The van der Waals surface area contributed by atoms with Gasteiger partial charge in [-0.15, -0.1) is 4.48 Å². The first-order chi connectivity index (χ1) is 14.3. The minimum Gasteiger partial charge on any atom is -0.497 e. The van der Waals surface area contributed by atoms with E-state index in [-0.39, 0.29) is 11.1 Å². The molecule has 7 heteroatoms. The highest BCUT2D eigenvalue weighted by Gasteiger charge is 2.53. The summed E-state index contributed by atoms with van der Waals surface area (Å²) in [6.45, 7) is 7.64. The van der Waals surface area contributed by atoms with Crippen molar-refractivity contribution in [2.45, 2.75) is 45.1 Å². The van der Waals surface area contributed by atoms with E-state index in [9.17, 15) is 9.90 Å². The van der Waals surface area contributed by atoms with Crippen LogP contribution in [-0.2, 0) is 22.5 Å². The van der Waals surface area contributed by atoms with Crippen LogP contribution in [0.1, 0.15) is 11.1 Å². The lowest BCUT2D eigenvalue weighted by Crippen LogP contribution is -2.61. The summed E-state index contributed by atoms with van der Waals surface area (Å²) in [6.07, 6.45) is -1.14. The number of carbonyl (C=O) groups is 1. The number of aliphatic hydroxyl groups excluding tert-OH is 1. The Bertz CT molecular complexity index is 882. The number of aliphatic hydroxyl groups is 1. The maximum absolute atomic E-state index is 13.3. The van der Waals surface area contributed by atoms with Crippen molar-refractivity contribution in [1.29, 1.82) is 0 Å². The van der Waals surface area contributed by atoms with E-state index in [4.69, 9.17) is 14.2 Å². The van der Waals surface area contributed by atoms with E-state index < -0.39 is 20.6 Å². The first kappa shape index (κ1) is 22.5. The van der Waals surface area contributed by atoms with Crippen molar-refractivity contribution in [3.63, 3.8) is 0 Å². The molecular formula is C23H32NO5Si+. The molecule has 1 amide bonds. The Morgan fingerprint density at radius 2 is 1.93 bits per heavy atom. The van der Waals surface area contributed by atoms with Gasteiger partial charge in [-0.25, -0.2) is 0 Å². The number of nitrogens with zero attached hydrogens (tertiary/aromatic N) is 1. The zero-order valence-corrected chi connectivity index (χ0v) is 19.3. The summed E-state index contributed by atoms with van der Waals surface area (Å²) in [7, 11) is 0.259. The molecule has 162 valence electrons. The molecule has 2 aromatic carbocycles. The number of methoxy groups -OCH3 is 1. The highest BCUT2D eigenvalue weighted by Crippen LogP contribution is 2.38. The summed E-state index contributed by atoms with van der Waals surface area (Å²) >= 11 is 0. The van der Waals surface area contributed by atoms with Gasteiger partial charge >= 0.3 is 12.5 Å². The van der Waals surface area contributed by atoms with Crippen molar-refractivity contribution in [3.8, 4) is 5.75 Å². The molecule has 0 bridgehead atoms. The quantitative estimate of drug-likeness (QED) is 0.379. The van der Waals surface area contributed by atoms with E-state index in [2.05, 4.69) is 19.6 Å². The number of quaternary nitrogens is 1. The number of rotatable bonds is 8. The van der Waals surface area contributed by atoms with Gasteiger partial charge in [-0.1, -0.05) is 50.0 Å². The predicted octanol–water partition coefficient (Wildman–Crippen LogP) is 4.53. The fourth-order valence-electron chi connectivity index (χ4n) is 3.66. The van der Waals surface area contributed by atoms with E-state index in [0.717, 1.165) is 22.9 Å². The highest BCUT2D eigenvalue weighted by atomic mass is 28.3. The Morgan fingerprint density at radius 1 is 1.17 bits per heavy atom. The number of hydrogen-bond acceptors (Lipinski definition) is 5. The summed E-state index contributed by atoms with van der Waals surface area (Å²) in [5.74, 6) is 0.715. The average molecular weight is 431 g/mol. The number of para-hydroxylation sites is 1. The van der Waals surface area contributed by atoms with E-state index >= 15 is 0 Å². The molecule has 1 aliphatic rings. The summed E-state index contributed by atoms with van der Waals surface area (Å²) in [5.41, 5.74) is 2.63. The van der Waals surface area contributed by atoms with Crippen LogP contribution < -0.4 is 9.22 Å². The number of ether oxygens (including phenoxy) is 3. The molecule has 0 aliphatic carbocycles. The van der Waals surface area contributed by atoms with Crippen molar-refractivity contribution < 1.29 is 24.1 Å². The van der Waals surface area contributed by atoms with Gasteiger partial charge in [0.25, 0.3) is 0 Å². The molecule has 2 aromatic rings. The highest BCUT2D eigenvalue weighted by molar-refractivity contribution is 6.76. The average Bonchev–Trinajstić information content (AvgIpc) is 3.12. The molecule has 0 saturated heterocycles. The van der Waals surface area contributed by atoms with Crippen LogP contribution >= 0.6 is 0 Å². The van der Waals surface area contributed by atoms with Gasteiger partial charge in [-0.3, -0.25) is 0 Å². The zero-order chi connectivity index (χ0) is 21.8. The number of hydrogen-bond donors (Lipinski definition) is 1. The lowest BCUT2D eigenvalue weighted by atomic mass is 10.2. The molecule has 30 heavy (non-hydrogen) atoms. The number of amides is 1. The van der Waals surface area contributed by atoms with Crippen LogP contribution in [0.2, 0.25) is 25.7 Å². The molecule has 0 radical (unpaired) electrons. The summed E-state index contributed by atoms with van der Waals surface area (Å²) in [4.78, 5) is 13.3. The first-order valence-corrected chi connectivity index (χ1v) is 14.0. The molecule has 2 atom stereocenters. The van der Waals surface area contributed by atoms with Crippen LogP contribution in [0.5, 0.6) is 5.75 Å². The molecule has 0 spiro atoms. The second-order valence-electron chi connectivity index (χ2n) is 8.88. The molecule has 2 unspecified atom stereocenters. The second kappa shape index (κ2) is 9.30. The Morgan fingerprint density at radius 3 is 2.67 bits per heavy atom. The Kier molecular flexibility index (Phi) is 6.97. The van der Waals surface area contributed by atoms with E-state index in [1.54, 1.807) is 7.11 Å². The van der Waals surface area contributed by atoms with Crippen LogP contribution in [0, 0.1) is 0 Å². The minimum absolute atomic E-state index is 0.155. The molecule has 0 aromatic heterocycles. The van der Waals surface area contributed by atoms with Crippen LogP contribution in [0.15, 0.2) is 48.5 Å². The molecular weight excluding hydrogens is 398 g/mol. The van der Waals surface area contributed by atoms with Gasteiger partial charge in [0.15, 0.2) is 5.69 Å². The third-order valence-electron chi connectivity index (χ3n) is 5.47. The molecule has 1 heterocycles. The minimum atomic E-state index is -1.36. The largest absolute Gasteiger partial charge is 0.525 e. The fourth-order valence-corrected chi connectivity index (χ4v) is 4.37. The van der Waals surface area contributed by atoms with Gasteiger partial charge in [0, 0.05) is 26.1 Å². The van der Waals surface area contributed by atoms with Crippen molar-refractivity contribution >= 4 is 19.9 Å². The van der Waals surface area contributed by atoms with Crippen molar-refractivity contribution in [2.75, 3.05) is 20.3 Å². The second-order valence-corrected chi connectivity index (χ2v) is 14.5.